The molecule has 100 valence electrons. The van der Waals surface area contributed by atoms with Crippen LogP contribution in [0, 0.1) is 6.92 Å². The molecular formula is C16H13ClN2O. The van der Waals surface area contributed by atoms with Gasteiger partial charge in [0.15, 0.2) is 0 Å². The van der Waals surface area contributed by atoms with Gasteiger partial charge in [0.25, 0.3) is 0 Å². The largest absolute Gasteiger partial charge is 0.456 e. The zero-order chi connectivity index (χ0) is 14.1. The zero-order valence-electron chi connectivity index (χ0n) is 10.9. The lowest BCUT2D eigenvalue weighted by atomic mass is 10.2. The van der Waals surface area contributed by atoms with Gasteiger partial charge in [-0.3, -0.25) is 4.98 Å². The van der Waals surface area contributed by atoms with Gasteiger partial charge in [-0.05, 0) is 43.3 Å². The van der Waals surface area contributed by atoms with Gasteiger partial charge in [-0.25, -0.2) is 0 Å². The van der Waals surface area contributed by atoms with Gasteiger partial charge in [-0.2, -0.15) is 0 Å². The average molecular weight is 285 g/mol. The Kier molecular flexibility index (Phi) is 3.20. The molecule has 0 bridgehead atoms. The number of ether oxygens (including phenoxy) is 1. The number of rotatable bonds is 2. The Hall–Kier alpha value is -2.26. The van der Waals surface area contributed by atoms with Crippen molar-refractivity contribution in [3.8, 4) is 11.5 Å². The van der Waals surface area contributed by atoms with Crippen molar-refractivity contribution in [2.75, 3.05) is 5.73 Å². The van der Waals surface area contributed by atoms with Crippen LogP contribution in [0.25, 0.3) is 10.9 Å². The van der Waals surface area contributed by atoms with Crippen LogP contribution in [0.5, 0.6) is 11.5 Å². The van der Waals surface area contributed by atoms with E-state index < -0.39 is 0 Å². The molecule has 3 rings (SSSR count). The van der Waals surface area contributed by atoms with E-state index in [1.165, 1.54) is 0 Å². The summed E-state index contributed by atoms with van der Waals surface area (Å²) in [5, 5.41) is 1.56. The molecule has 2 N–H and O–H groups in total. The SMILES string of the molecule is Cc1ccc2ccc(Oc3ccc(N)cc3Cl)cc2n1. The lowest BCUT2D eigenvalue weighted by Gasteiger charge is -2.09. The van der Waals surface area contributed by atoms with Crippen LogP contribution in [-0.4, -0.2) is 4.98 Å². The summed E-state index contributed by atoms with van der Waals surface area (Å²) in [5.41, 5.74) is 8.14. The van der Waals surface area contributed by atoms with Crippen molar-refractivity contribution in [1.29, 1.82) is 0 Å². The molecular weight excluding hydrogens is 272 g/mol. The predicted octanol–water partition coefficient (Wildman–Crippen LogP) is 4.57. The second-order valence-electron chi connectivity index (χ2n) is 4.60. The average Bonchev–Trinajstić information content (AvgIpc) is 2.41. The van der Waals surface area contributed by atoms with Crippen molar-refractivity contribution < 1.29 is 4.74 Å². The van der Waals surface area contributed by atoms with Gasteiger partial charge in [-0.15, -0.1) is 0 Å². The first kappa shape index (κ1) is 12.8. The highest BCUT2D eigenvalue weighted by Crippen LogP contribution is 2.31. The maximum Gasteiger partial charge on any atom is 0.146 e. The fraction of sp³-hybridized carbons (Fsp3) is 0.0625. The summed E-state index contributed by atoms with van der Waals surface area (Å²) in [6.07, 6.45) is 0. The van der Waals surface area contributed by atoms with Crippen LogP contribution in [0.1, 0.15) is 5.69 Å². The second kappa shape index (κ2) is 5.02. The highest BCUT2D eigenvalue weighted by atomic mass is 35.5. The summed E-state index contributed by atoms with van der Waals surface area (Å²) in [5.74, 6) is 1.27. The van der Waals surface area contributed by atoms with E-state index in [-0.39, 0.29) is 0 Å². The topological polar surface area (TPSA) is 48.1 Å². The van der Waals surface area contributed by atoms with E-state index in [4.69, 9.17) is 22.1 Å². The second-order valence-corrected chi connectivity index (χ2v) is 5.01. The van der Waals surface area contributed by atoms with Crippen LogP contribution in [-0.2, 0) is 0 Å². The summed E-state index contributed by atoms with van der Waals surface area (Å²) >= 11 is 6.10. The predicted molar refractivity (Wildman–Crippen MR) is 82.4 cm³/mol. The van der Waals surface area contributed by atoms with E-state index in [0.717, 1.165) is 16.6 Å². The molecule has 0 spiro atoms. The van der Waals surface area contributed by atoms with Gasteiger partial charge in [-0.1, -0.05) is 17.7 Å². The minimum atomic E-state index is 0.488. The maximum absolute atomic E-state index is 6.10. The minimum Gasteiger partial charge on any atom is -0.456 e. The number of aryl methyl sites for hydroxylation is 1. The number of hydrogen-bond acceptors (Lipinski definition) is 3. The fourth-order valence-corrected chi connectivity index (χ4v) is 2.22. The van der Waals surface area contributed by atoms with Crippen molar-refractivity contribution in [3.05, 3.63) is 59.2 Å². The Morgan fingerprint density at radius 3 is 2.65 bits per heavy atom. The summed E-state index contributed by atoms with van der Waals surface area (Å²) in [6, 6.07) is 15.0. The van der Waals surface area contributed by atoms with Crippen molar-refractivity contribution in [2.45, 2.75) is 6.92 Å². The number of nitrogens with two attached hydrogens (primary N) is 1. The number of benzene rings is 2. The van der Waals surface area contributed by atoms with Crippen LogP contribution in [0.4, 0.5) is 5.69 Å². The molecule has 20 heavy (non-hydrogen) atoms. The summed E-state index contributed by atoms with van der Waals surface area (Å²) in [6.45, 7) is 1.96. The Balaban J connectivity index is 1.98. The molecule has 0 fully saturated rings. The molecule has 0 aliphatic rings. The Morgan fingerprint density at radius 1 is 1.05 bits per heavy atom. The van der Waals surface area contributed by atoms with Crippen molar-refractivity contribution in [3.63, 3.8) is 0 Å². The highest BCUT2D eigenvalue weighted by Gasteiger charge is 2.05. The number of anilines is 1. The third kappa shape index (κ3) is 2.53. The molecule has 3 nitrogen and oxygen atoms in total. The van der Waals surface area contributed by atoms with E-state index in [9.17, 15) is 0 Å². The molecule has 2 aromatic carbocycles. The van der Waals surface area contributed by atoms with Crippen LogP contribution < -0.4 is 10.5 Å². The molecule has 1 aromatic heterocycles. The smallest absolute Gasteiger partial charge is 0.146 e. The van der Waals surface area contributed by atoms with E-state index in [1.54, 1.807) is 18.2 Å². The molecule has 0 saturated carbocycles. The van der Waals surface area contributed by atoms with Crippen molar-refractivity contribution in [1.82, 2.24) is 4.98 Å². The van der Waals surface area contributed by atoms with Crippen LogP contribution in [0.15, 0.2) is 48.5 Å². The summed E-state index contributed by atoms with van der Waals surface area (Å²) in [7, 11) is 0. The van der Waals surface area contributed by atoms with Gasteiger partial charge < -0.3 is 10.5 Å². The molecule has 0 saturated heterocycles. The zero-order valence-corrected chi connectivity index (χ0v) is 11.7. The molecule has 4 heteroatoms. The van der Waals surface area contributed by atoms with Gasteiger partial charge in [0.1, 0.15) is 11.5 Å². The van der Waals surface area contributed by atoms with Gasteiger partial charge in [0.2, 0.25) is 0 Å². The quantitative estimate of drug-likeness (QED) is 0.701. The van der Waals surface area contributed by atoms with E-state index >= 15 is 0 Å². The number of halogens is 1. The van der Waals surface area contributed by atoms with Crippen LogP contribution >= 0.6 is 11.6 Å². The molecule has 0 unspecified atom stereocenters. The first-order valence-corrected chi connectivity index (χ1v) is 6.60. The van der Waals surface area contributed by atoms with E-state index in [1.807, 2.05) is 37.3 Å². The Bertz CT molecular complexity index is 787. The number of hydrogen-bond donors (Lipinski definition) is 1. The third-order valence-electron chi connectivity index (χ3n) is 2.99. The Morgan fingerprint density at radius 2 is 1.85 bits per heavy atom. The highest BCUT2D eigenvalue weighted by molar-refractivity contribution is 6.32. The number of aromatic nitrogens is 1. The number of fused-ring (bicyclic) bond motifs is 1. The number of nitrogens with zero attached hydrogens (tertiary/aromatic N) is 1. The number of pyridine rings is 1. The van der Waals surface area contributed by atoms with E-state index in [2.05, 4.69) is 4.98 Å². The van der Waals surface area contributed by atoms with Gasteiger partial charge >= 0.3 is 0 Å². The molecule has 3 aromatic rings. The lowest BCUT2D eigenvalue weighted by molar-refractivity contribution is 0.483. The van der Waals surface area contributed by atoms with Gasteiger partial charge in [0, 0.05) is 22.8 Å². The monoisotopic (exact) mass is 284 g/mol. The first-order valence-electron chi connectivity index (χ1n) is 6.22. The Labute approximate surface area is 122 Å². The summed E-state index contributed by atoms with van der Waals surface area (Å²) < 4.78 is 5.78. The molecule has 0 amide bonds. The maximum atomic E-state index is 6.10. The lowest BCUT2D eigenvalue weighted by Crippen LogP contribution is -1.89. The number of nitrogen functional groups attached to an aromatic ring is 1. The fourth-order valence-electron chi connectivity index (χ4n) is 1.99. The standard InChI is InChI=1S/C16H13ClN2O/c1-10-2-3-11-4-6-13(9-15(11)19-10)20-16-7-5-12(18)8-14(16)17/h2-9H,18H2,1H3. The minimum absolute atomic E-state index is 0.488. The molecule has 0 aliphatic carbocycles. The summed E-state index contributed by atoms with van der Waals surface area (Å²) in [4.78, 5) is 4.48. The van der Waals surface area contributed by atoms with Gasteiger partial charge in [0.05, 0.1) is 10.5 Å². The molecule has 0 radical (unpaired) electrons. The van der Waals surface area contributed by atoms with Crippen molar-refractivity contribution >= 4 is 28.2 Å². The van der Waals surface area contributed by atoms with Crippen molar-refractivity contribution in [2.24, 2.45) is 0 Å². The first-order chi connectivity index (χ1) is 9.61. The molecule has 0 aliphatic heterocycles. The molecule has 0 atom stereocenters. The van der Waals surface area contributed by atoms with E-state index in [0.29, 0.717) is 22.2 Å². The van der Waals surface area contributed by atoms with Crippen LogP contribution in [0.3, 0.4) is 0 Å². The van der Waals surface area contributed by atoms with Crippen LogP contribution in [0.2, 0.25) is 5.02 Å². The third-order valence-corrected chi connectivity index (χ3v) is 3.28. The normalized spacial score (nSPS) is 10.7. The molecule has 1 heterocycles.